The lowest BCUT2D eigenvalue weighted by atomic mass is 10.1. The first kappa shape index (κ1) is 20.4. The number of carboxylic acid groups (broad SMARTS) is 1. The van der Waals surface area contributed by atoms with Crippen LogP contribution in [-0.2, 0) is 21.6 Å². The molecular weight excluding hydrogens is 398 g/mol. The van der Waals surface area contributed by atoms with Crippen LogP contribution >= 0.6 is 0 Å². The van der Waals surface area contributed by atoms with Gasteiger partial charge >= 0.3 is 16.4 Å². The minimum atomic E-state index is -4.46. The number of rotatable bonds is 5. The molecular formula is C19H19N3O6S. The molecule has 9 nitrogen and oxygen atoms in total. The summed E-state index contributed by atoms with van der Waals surface area (Å²) in [5.74, 6) is -0.886. The molecule has 0 saturated heterocycles. The van der Waals surface area contributed by atoms with Gasteiger partial charge in [-0.05, 0) is 23.8 Å². The van der Waals surface area contributed by atoms with Gasteiger partial charge in [-0.25, -0.2) is 0 Å². The summed E-state index contributed by atoms with van der Waals surface area (Å²) in [6.07, 6.45) is 3.53. The number of benzene rings is 2. The Labute approximate surface area is 166 Å². The van der Waals surface area contributed by atoms with Crippen LogP contribution in [0.3, 0.4) is 0 Å². The lowest BCUT2D eigenvalue weighted by Gasteiger charge is -2.04. The van der Waals surface area contributed by atoms with Crippen molar-refractivity contribution < 1.29 is 27.1 Å². The standard InChI is InChI=1S/C11H12N2O2.C8H7NO4S/c12-9(11(14)15)5-7-6-13-10-4-2-1-3-8(7)10;10-14(11,12)13-8-5-9-7-4-2-1-3-6(7)8/h1-4,6,9,13H,5,12H2,(H,14,15);1-5,9H,(H,10,11,12)/t9-;/m0./s1. The molecule has 0 aliphatic heterocycles. The van der Waals surface area contributed by atoms with Crippen LogP contribution in [-0.4, -0.2) is 40.1 Å². The monoisotopic (exact) mass is 417 g/mol. The summed E-state index contributed by atoms with van der Waals surface area (Å²) >= 11 is 0. The summed E-state index contributed by atoms with van der Waals surface area (Å²) in [7, 11) is -4.46. The number of nitrogens with one attached hydrogen (secondary N) is 2. The summed E-state index contributed by atoms with van der Waals surface area (Å²) in [6.45, 7) is 0. The van der Waals surface area contributed by atoms with Crippen LogP contribution < -0.4 is 9.92 Å². The van der Waals surface area contributed by atoms with Crippen LogP contribution in [0.4, 0.5) is 0 Å². The molecule has 0 radical (unpaired) electrons. The fourth-order valence-corrected chi connectivity index (χ4v) is 3.22. The first-order valence-corrected chi connectivity index (χ1v) is 9.87. The average Bonchev–Trinajstić information content (AvgIpc) is 3.26. The Morgan fingerprint density at radius 3 is 2.17 bits per heavy atom. The molecule has 2 aromatic carbocycles. The van der Waals surface area contributed by atoms with Crippen molar-refractivity contribution in [2.24, 2.45) is 5.73 Å². The third kappa shape index (κ3) is 5.13. The second kappa shape index (κ2) is 8.35. The Kier molecular flexibility index (Phi) is 5.87. The predicted molar refractivity (Wildman–Crippen MR) is 108 cm³/mol. The Morgan fingerprint density at radius 2 is 1.55 bits per heavy atom. The van der Waals surface area contributed by atoms with Crippen LogP contribution in [0, 0.1) is 0 Å². The number of hydrogen-bond donors (Lipinski definition) is 5. The maximum absolute atomic E-state index is 10.6. The highest BCUT2D eigenvalue weighted by molar-refractivity contribution is 7.81. The van der Waals surface area contributed by atoms with Gasteiger partial charge in [-0.15, -0.1) is 0 Å². The van der Waals surface area contributed by atoms with Crippen LogP contribution in [0.2, 0.25) is 0 Å². The second-order valence-corrected chi connectivity index (χ2v) is 7.24. The van der Waals surface area contributed by atoms with Crippen molar-refractivity contribution in [1.29, 1.82) is 0 Å². The maximum atomic E-state index is 10.6. The fourth-order valence-electron chi connectivity index (χ4n) is 2.85. The van der Waals surface area contributed by atoms with Crippen LogP contribution in [0.5, 0.6) is 5.75 Å². The summed E-state index contributed by atoms with van der Waals surface area (Å²) in [5, 5.41) is 10.4. The van der Waals surface area contributed by atoms with Crippen LogP contribution in [0.1, 0.15) is 5.56 Å². The molecule has 0 fully saturated rings. The van der Waals surface area contributed by atoms with E-state index in [1.165, 1.54) is 6.20 Å². The molecule has 4 rings (SSSR count). The minimum Gasteiger partial charge on any atom is -0.480 e. The molecule has 29 heavy (non-hydrogen) atoms. The van der Waals surface area contributed by atoms with Crippen molar-refractivity contribution in [2.45, 2.75) is 12.5 Å². The minimum absolute atomic E-state index is 0.0862. The van der Waals surface area contributed by atoms with E-state index in [1.807, 2.05) is 30.5 Å². The number of para-hydroxylation sites is 2. The van der Waals surface area contributed by atoms with Crippen LogP contribution in [0.15, 0.2) is 60.9 Å². The van der Waals surface area contributed by atoms with E-state index in [0.29, 0.717) is 11.8 Å². The molecule has 0 aliphatic carbocycles. The summed E-state index contributed by atoms with van der Waals surface area (Å²) in [5.41, 5.74) is 8.18. The van der Waals surface area contributed by atoms with Gasteiger partial charge in [-0.3, -0.25) is 9.35 Å². The third-order valence-corrected chi connectivity index (χ3v) is 4.57. The van der Waals surface area contributed by atoms with Crippen LogP contribution in [0.25, 0.3) is 21.8 Å². The van der Waals surface area contributed by atoms with E-state index in [0.717, 1.165) is 22.0 Å². The number of aliphatic carboxylic acids is 1. The Bertz CT molecular complexity index is 1250. The number of aromatic nitrogens is 2. The molecule has 6 N–H and O–H groups in total. The average molecular weight is 417 g/mol. The molecule has 0 aliphatic rings. The first-order valence-electron chi connectivity index (χ1n) is 8.51. The number of H-pyrrole nitrogens is 2. The number of fused-ring (bicyclic) bond motifs is 2. The maximum Gasteiger partial charge on any atom is 0.446 e. The molecule has 2 aromatic heterocycles. The van der Waals surface area contributed by atoms with Crippen molar-refractivity contribution in [3.8, 4) is 5.75 Å². The van der Waals surface area contributed by atoms with Gasteiger partial charge in [0.05, 0.1) is 0 Å². The zero-order valence-electron chi connectivity index (χ0n) is 15.1. The highest BCUT2D eigenvalue weighted by atomic mass is 32.3. The Hall–Kier alpha value is -3.34. The fraction of sp³-hybridized carbons (Fsp3) is 0.105. The smallest absolute Gasteiger partial charge is 0.446 e. The van der Waals surface area contributed by atoms with Gasteiger partial charge in [0.1, 0.15) is 6.04 Å². The van der Waals surface area contributed by atoms with Gasteiger partial charge in [-0.2, -0.15) is 8.42 Å². The number of carboxylic acids is 1. The van der Waals surface area contributed by atoms with Gasteiger partial charge in [0.15, 0.2) is 5.75 Å². The summed E-state index contributed by atoms with van der Waals surface area (Å²) in [4.78, 5) is 16.5. The number of hydrogen-bond acceptors (Lipinski definition) is 5. The van der Waals surface area contributed by atoms with E-state index in [4.69, 9.17) is 15.4 Å². The topological polar surface area (TPSA) is 158 Å². The Balaban J connectivity index is 0.000000166. The van der Waals surface area contributed by atoms with Gasteiger partial charge in [0, 0.05) is 40.6 Å². The molecule has 0 saturated carbocycles. The number of aromatic amines is 2. The van der Waals surface area contributed by atoms with Crippen molar-refractivity contribution >= 4 is 38.2 Å². The molecule has 0 bridgehead atoms. The predicted octanol–water partition coefficient (Wildman–Crippen LogP) is 2.47. The van der Waals surface area contributed by atoms with E-state index in [1.54, 1.807) is 24.3 Å². The van der Waals surface area contributed by atoms with Gasteiger partial charge in [0.25, 0.3) is 0 Å². The molecule has 152 valence electrons. The molecule has 0 spiro atoms. The molecule has 2 heterocycles. The van der Waals surface area contributed by atoms with E-state index < -0.39 is 22.4 Å². The number of nitrogens with two attached hydrogens (primary N) is 1. The quantitative estimate of drug-likeness (QED) is 0.312. The Morgan fingerprint density at radius 1 is 1.00 bits per heavy atom. The zero-order chi connectivity index (χ0) is 21.0. The highest BCUT2D eigenvalue weighted by Gasteiger charge is 2.14. The number of carbonyl (C=O) groups is 1. The third-order valence-electron chi connectivity index (χ3n) is 4.18. The van der Waals surface area contributed by atoms with E-state index in [2.05, 4.69) is 14.2 Å². The van der Waals surface area contributed by atoms with Crippen molar-refractivity contribution in [3.63, 3.8) is 0 Å². The van der Waals surface area contributed by atoms with E-state index in [9.17, 15) is 13.2 Å². The molecule has 4 aromatic rings. The van der Waals surface area contributed by atoms with Gasteiger partial charge < -0.3 is 25.0 Å². The molecule has 0 amide bonds. The zero-order valence-corrected chi connectivity index (χ0v) is 15.9. The summed E-state index contributed by atoms with van der Waals surface area (Å²) < 4.78 is 33.8. The largest absolute Gasteiger partial charge is 0.480 e. The van der Waals surface area contributed by atoms with Crippen molar-refractivity contribution in [1.82, 2.24) is 9.97 Å². The normalized spacial score (nSPS) is 12.3. The van der Waals surface area contributed by atoms with E-state index in [-0.39, 0.29) is 5.75 Å². The summed E-state index contributed by atoms with van der Waals surface area (Å²) in [6, 6.07) is 13.9. The molecule has 1 atom stereocenters. The SMILES string of the molecule is N[C@@H](Cc1c[nH]c2ccccc12)C(=O)O.O=S(=O)(O)Oc1c[nH]c2ccccc12. The first-order chi connectivity index (χ1) is 13.7. The second-order valence-electron chi connectivity index (χ2n) is 6.22. The van der Waals surface area contributed by atoms with Crippen molar-refractivity contribution in [2.75, 3.05) is 0 Å². The molecule has 10 heteroatoms. The van der Waals surface area contributed by atoms with Crippen molar-refractivity contribution in [3.05, 3.63) is 66.5 Å². The lowest BCUT2D eigenvalue weighted by molar-refractivity contribution is -0.138. The van der Waals surface area contributed by atoms with Gasteiger partial charge in [-0.1, -0.05) is 30.3 Å². The highest BCUT2D eigenvalue weighted by Crippen LogP contribution is 2.25. The van der Waals surface area contributed by atoms with E-state index >= 15 is 0 Å². The lowest BCUT2D eigenvalue weighted by Crippen LogP contribution is -2.32. The molecule has 0 unspecified atom stereocenters. The van der Waals surface area contributed by atoms with Gasteiger partial charge in [0.2, 0.25) is 0 Å².